The van der Waals surface area contributed by atoms with Crippen molar-refractivity contribution in [3.05, 3.63) is 35.9 Å². The van der Waals surface area contributed by atoms with Crippen LogP contribution in [0.4, 0.5) is 13.2 Å². The van der Waals surface area contributed by atoms with Gasteiger partial charge in [-0.1, -0.05) is 25.1 Å². The minimum atomic E-state index is -4.47. The van der Waals surface area contributed by atoms with Gasteiger partial charge in [0.2, 0.25) is 0 Å². The summed E-state index contributed by atoms with van der Waals surface area (Å²) < 4.78 is 42.4. The van der Waals surface area contributed by atoms with Crippen molar-refractivity contribution in [3.8, 4) is 0 Å². The number of rotatable bonds is 5. The molecule has 3 nitrogen and oxygen atoms in total. The maximum Gasteiger partial charge on any atom is 0.392 e. The molecule has 1 aromatic carbocycles. The van der Waals surface area contributed by atoms with Gasteiger partial charge in [-0.2, -0.15) is 13.2 Å². The molecule has 0 bridgehead atoms. The zero-order valence-electron chi connectivity index (χ0n) is 11.2. The summed E-state index contributed by atoms with van der Waals surface area (Å²) in [4.78, 5) is 11.8. The first-order valence-electron chi connectivity index (χ1n) is 6.21. The van der Waals surface area contributed by atoms with Crippen LogP contribution in [0.1, 0.15) is 30.6 Å². The zero-order chi connectivity index (χ0) is 15.3. The van der Waals surface area contributed by atoms with E-state index in [2.05, 4.69) is 0 Å². The van der Waals surface area contributed by atoms with Crippen LogP contribution >= 0.6 is 0 Å². The van der Waals surface area contributed by atoms with Crippen LogP contribution in [0.3, 0.4) is 0 Å². The third-order valence-electron chi connectivity index (χ3n) is 3.05. The maximum atomic E-state index is 12.5. The zero-order valence-corrected chi connectivity index (χ0v) is 11.2. The van der Waals surface area contributed by atoms with Crippen molar-refractivity contribution in [2.75, 3.05) is 0 Å². The first-order chi connectivity index (χ1) is 9.20. The molecule has 0 heterocycles. The third kappa shape index (κ3) is 5.21. The lowest BCUT2D eigenvalue weighted by Crippen LogP contribution is -2.35. The van der Waals surface area contributed by atoms with Gasteiger partial charge >= 0.3 is 12.1 Å². The normalized spacial score (nSPS) is 16.3. The second-order valence-corrected chi connectivity index (χ2v) is 4.73. The Hall–Kier alpha value is -1.56. The Morgan fingerprint density at radius 3 is 2.25 bits per heavy atom. The first kappa shape index (κ1) is 16.5. The van der Waals surface area contributed by atoms with Crippen LogP contribution in [0.2, 0.25) is 0 Å². The smallest absolute Gasteiger partial charge is 0.392 e. The van der Waals surface area contributed by atoms with Crippen molar-refractivity contribution in [1.29, 1.82) is 0 Å². The van der Waals surface area contributed by atoms with Gasteiger partial charge in [0.05, 0.1) is 18.1 Å². The fraction of sp³-hybridized carbons (Fsp3) is 0.500. The number of benzene rings is 1. The summed E-state index contributed by atoms with van der Waals surface area (Å²) in [7, 11) is 0. The molecule has 0 aromatic heterocycles. The van der Waals surface area contributed by atoms with Crippen molar-refractivity contribution < 1.29 is 27.8 Å². The minimum Gasteiger partial charge on any atom is -0.458 e. The summed E-state index contributed by atoms with van der Waals surface area (Å²) in [6.07, 6.45) is -8.17. The van der Waals surface area contributed by atoms with E-state index in [1.165, 1.54) is 26.0 Å². The van der Waals surface area contributed by atoms with E-state index in [1.807, 2.05) is 0 Å². The molecule has 0 spiro atoms. The van der Waals surface area contributed by atoms with Gasteiger partial charge in [0, 0.05) is 5.92 Å². The number of carbonyl (C=O) groups excluding carboxylic acids is 1. The van der Waals surface area contributed by atoms with Gasteiger partial charge in [-0.15, -0.1) is 0 Å². The van der Waals surface area contributed by atoms with Crippen LogP contribution in [-0.4, -0.2) is 29.5 Å². The summed E-state index contributed by atoms with van der Waals surface area (Å²) in [6.45, 7) is 2.78. The van der Waals surface area contributed by atoms with Crippen LogP contribution < -0.4 is 0 Å². The topological polar surface area (TPSA) is 46.5 Å². The molecule has 0 amide bonds. The highest BCUT2D eigenvalue weighted by molar-refractivity contribution is 5.89. The van der Waals surface area contributed by atoms with Gasteiger partial charge in [-0.25, -0.2) is 4.79 Å². The highest BCUT2D eigenvalue weighted by Crippen LogP contribution is 2.28. The Bertz CT molecular complexity index is 429. The fourth-order valence-electron chi connectivity index (χ4n) is 1.65. The molecule has 3 atom stereocenters. The molecule has 0 saturated heterocycles. The van der Waals surface area contributed by atoms with Crippen LogP contribution in [0.5, 0.6) is 0 Å². The fourth-order valence-corrected chi connectivity index (χ4v) is 1.65. The van der Waals surface area contributed by atoms with Gasteiger partial charge in [0.25, 0.3) is 0 Å². The van der Waals surface area contributed by atoms with Gasteiger partial charge in [0.15, 0.2) is 0 Å². The molecule has 0 aliphatic rings. The highest BCUT2D eigenvalue weighted by Gasteiger charge is 2.38. The number of aliphatic hydroxyl groups is 1. The van der Waals surface area contributed by atoms with Crippen LogP contribution in [0.25, 0.3) is 0 Å². The van der Waals surface area contributed by atoms with Crippen LogP contribution in [0, 0.1) is 5.92 Å². The first-order valence-corrected chi connectivity index (χ1v) is 6.21. The largest absolute Gasteiger partial charge is 0.458 e. The van der Waals surface area contributed by atoms with Gasteiger partial charge in [-0.3, -0.25) is 0 Å². The summed E-state index contributed by atoms with van der Waals surface area (Å²) in [5.74, 6) is -1.64. The van der Waals surface area contributed by atoms with Crippen molar-refractivity contribution >= 4 is 5.97 Å². The number of halogens is 3. The lowest BCUT2D eigenvalue weighted by molar-refractivity contribution is -0.163. The van der Waals surface area contributed by atoms with Crippen molar-refractivity contribution in [3.63, 3.8) is 0 Å². The molecule has 0 fully saturated rings. The lowest BCUT2D eigenvalue weighted by atomic mass is 9.96. The standard InChI is InChI=1S/C14H17F3O3/c1-9(10(2)18)12(8-14(15,16)17)20-13(19)11-6-4-3-5-7-11/h3-7,9-10,12,18H,8H2,1-2H3. The van der Waals surface area contributed by atoms with E-state index in [-0.39, 0.29) is 5.56 Å². The monoisotopic (exact) mass is 290 g/mol. The molecule has 0 radical (unpaired) electrons. The third-order valence-corrected chi connectivity index (χ3v) is 3.05. The quantitative estimate of drug-likeness (QED) is 0.847. The number of aliphatic hydroxyl groups excluding tert-OH is 1. The van der Waals surface area contributed by atoms with E-state index >= 15 is 0 Å². The Labute approximate surface area is 115 Å². The van der Waals surface area contributed by atoms with E-state index in [0.717, 1.165) is 0 Å². The van der Waals surface area contributed by atoms with Crippen molar-refractivity contribution in [2.24, 2.45) is 5.92 Å². The molecule has 0 aliphatic heterocycles. The van der Waals surface area contributed by atoms with E-state index < -0.39 is 36.7 Å². The summed E-state index contributed by atoms with van der Waals surface area (Å²) in [6, 6.07) is 7.78. The lowest BCUT2D eigenvalue weighted by Gasteiger charge is -2.27. The Kier molecular flexibility index (Phi) is 5.56. The molecular formula is C14H17F3O3. The predicted molar refractivity (Wildman–Crippen MR) is 67.2 cm³/mol. The molecule has 0 saturated carbocycles. The van der Waals surface area contributed by atoms with Crippen molar-refractivity contribution in [2.45, 2.75) is 38.7 Å². The average Bonchev–Trinajstić information content (AvgIpc) is 2.36. The van der Waals surface area contributed by atoms with Crippen LogP contribution in [-0.2, 0) is 4.74 Å². The van der Waals surface area contributed by atoms with Gasteiger partial charge < -0.3 is 9.84 Å². The van der Waals surface area contributed by atoms with E-state index in [4.69, 9.17) is 4.74 Å². The minimum absolute atomic E-state index is 0.178. The summed E-state index contributed by atoms with van der Waals surface area (Å²) >= 11 is 0. The highest BCUT2D eigenvalue weighted by atomic mass is 19.4. The van der Waals surface area contributed by atoms with Crippen molar-refractivity contribution in [1.82, 2.24) is 0 Å². The molecule has 1 aromatic rings. The number of esters is 1. The molecule has 0 aliphatic carbocycles. The number of hydrogen-bond acceptors (Lipinski definition) is 3. The molecule has 112 valence electrons. The molecule has 1 rings (SSSR count). The molecule has 20 heavy (non-hydrogen) atoms. The Balaban J connectivity index is 2.81. The SMILES string of the molecule is CC(O)C(C)C(CC(F)(F)F)OC(=O)c1ccccc1. The van der Waals surface area contributed by atoms with Gasteiger partial charge in [0.1, 0.15) is 6.10 Å². The van der Waals surface area contributed by atoms with Crippen LogP contribution in [0.15, 0.2) is 30.3 Å². The van der Waals surface area contributed by atoms with E-state index in [9.17, 15) is 23.1 Å². The summed E-state index contributed by atoms with van der Waals surface area (Å²) in [5, 5.41) is 9.41. The molecular weight excluding hydrogens is 273 g/mol. The molecule has 3 unspecified atom stereocenters. The summed E-state index contributed by atoms with van der Waals surface area (Å²) in [5.41, 5.74) is 0.178. The number of carbonyl (C=O) groups is 1. The maximum absolute atomic E-state index is 12.5. The molecule has 6 heteroatoms. The number of alkyl halides is 3. The van der Waals surface area contributed by atoms with E-state index in [1.54, 1.807) is 18.2 Å². The number of ether oxygens (including phenoxy) is 1. The predicted octanol–water partition coefficient (Wildman–Crippen LogP) is 3.18. The Morgan fingerprint density at radius 1 is 1.25 bits per heavy atom. The van der Waals surface area contributed by atoms with E-state index in [0.29, 0.717) is 0 Å². The number of hydrogen-bond donors (Lipinski definition) is 1. The second kappa shape index (κ2) is 6.74. The van der Waals surface area contributed by atoms with Gasteiger partial charge in [-0.05, 0) is 19.1 Å². The Morgan fingerprint density at radius 2 is 1.80 bits per heavy atom. The second-order valence-electron chi connectivity index (χ2n) is 4.73. The average molecular weight is 290 g/mol. The molecule has 1 N–H and O–H groups in total.